The summed E-state index contributed by atoms with van der Waals surface area (Å²) in [7, 11) is 3.11. The van der Waals surface area contributed by atoms with E-state index in [1.807, 2.05) is 0 Å². The molecule has 1 heterocycles. The van der Waals surface area contributed by atoms with Gasteiger partial charge < -0.3 is 10.2 Å². The van der Waals surface area contributed by atoms with Gasteiger partial charge in [0, 0.05) is 19.7 Å². The van der Waals surface area contributed by atoms with Crippen LogP contribution in [0, 0.1) is 11.6 Å². The Balaban J connectivity index is 2.13. The molecule has 0 saturated heterocycles. The molecule has 2 amide bonds. The Morgan fingerprint density at radius 1 is 1.22 bits per heavy atom. The molecule has 0 spiro atoms. The number of benzene rings is 2. The summed E-state index contributed by atoms with van der Waals surface area (Å²) in [5.41, 5.74) is 1.24. The number of amides is 2. The van der Waals surface area contributed by atoms with Gasteiger partial charge in [0.05, 0.1) is 16.6 Å². The quantitative estimate of drug-likeness (QED) is 0.759. The molecule has 0 saturated carbocycles. The normalized spacial score (nSPS) is 10.8. The zero-order valence-corrected chi connectivity index (χ0v) is 12.5. The summed E-state index contributed by atoms with van der Waals surface area (Å²) in [5, 5.41) is 9.46. The first-order valence-electron chi connectivity index (χ1n) is 6.88. The van der Waals surface area contributed by atoms with Crippen molar-refractivity contribution in [1.82, 2.24) is 15.1 Å². The van der Waals surface area contributed by atoms with E-state index in [9.17, 15) is 13.6 Å². The van der Waals surface area contributed by atoms with Crippen LogP contribution in [0.15, 0.2) is 36.4 Å². The first-order chi connectivity index (χ1) is 11.0. The van der Waals surface area contributed by atoms with Gasteiger partial charge in [0.25, 0.3) is 0 Å². The third-order valence-corrected chi connectivity index (χ3v) is 3.41. The second-order valence-electron chi connectivity index (χ2n) is 5.26. The lowest BCUT2D eigenvalue weighted by atomic mass is 10.1. The number of aromatic amines is 1. The predicted molar refractivity (Wildman–Crippen MR) is 84.2 cm³/mol. The molecule has 7 heteroatoms. The van der Waals surface area contributed by atoms with Gasteiger partial charge >= 0.3 is 6.03 Å². The molecule has 0 aliphatic carbocycles. The van der Waals surface area contributed by atoms with Crippen molar-refractivity contribution in [3.63, 3.8) is 0 Å². The number of H-pyrrole nitrogens is 1. The first-order valence-corrected chi connectivity index (χ1v) is 6.88. The van der Waals surface area contributed by atoms with Gasteiger partial charge in [-0.25, -0.2) is 13.6 Å². The molecular weight excluding hydrogens is 302 g/mol. The average molecular weight is 316 g/mol. The van der Waals surface area contributed by atoms with Crippen molar-refractivity contribution in [2.45, 2.75) is 0 Å². The number of halogens is 2. The number of fused-ring (bicyclic) bond motifs is 1. The molecule has 0 radical (unpaired) electrons. The minimum absolute atomic E-state index is 0.0373. The van der Waals surface area contributed by atoms with Crippen molar-refractivity contribution in [3.05, 3.63) is 48.0 Å². The number of hydrogen-bond acceptors (Lipinski definition) is 2. The molecule has 1 aromatic heterocycles. The van der Waals surface area contributed by atoms with Crippen molar-refractivity contribution < 1.29 is 13.6 Å². The number of carbonyl (C=O) groups excluding carboxylic acids is 1. The Morgan fingerprint density at radius 3 is 2.70 bits per heavy atom. The third-order valence-electron chi connectivity index (χ3n) is 3.41. The smallest absolute Gasteiger partial charge is 0.321 e. The van der Waals surface area contributed by atoms with E-state index < -0.39 is 17.7 Å². The Labute approximate surface area is 130 Å². The lowest BCUT2D eigenvalue weighted by molar-refractivity contribution is 0.230. The fraction of sp³-hybridized carbons (Fsp3) is 0.125. The molecule has 0 aliphatic heterocycles. The summed E-state index contributed by atoms with van der Waals surface area (Å²) in [4.78, 5) is 13.0. The average Bonchev–Trinajstić information content (AvgIpc) is 2.94. The number of hydrogen-bond donors (Lipinski definition) is 2. The molecule has 23 heavy (non-hydrogen) atoms. The fourth-order valence-electron chi connectivity index (χ4n) is 2.24. The summed E-state index contributed by atoms with van der Waals surface area (Å²) < 4.78 is 28.2. The molecular formula is C16H14F2N4O. The molecule has 0 fully saturated rings. The number of nitrogens with one attached hydrogen (secondary N) is 2. The molecule has 0 atom stereocenters. The van der Waals surface area contributed by atoms with Crippen LogP contribution in [-0.4, -0.2) is 35.2 Å². The molecule has 5 nitrogen and oxygen atoms in total. The summed E-state index contributed by atoms with van der Waals surface area (Å²) in [6.45, 7) is 0. The molecule has 2 aromatic carbocycles. The van der Waals surface area contributed by atoms with E-state index in [1.54, 1.807) is 26.2 Å². The van der Waals surface area contributed by atoms with Crippen molar-refractivity contribution in [3.8, 4) is 11.3 Å². The van der Waals surface area contributed by atoms with Gasteiger partial charge in [-0.15, -0.1) is 0 Å². The highest BCUT2D eigenvalue weighted by atomic mass is 19.1. The summed E-state index contributed by atoms with van der Waals surface area (Å²) >= 11 is 0. The van der Waals surface area contributed by atoms with Crippen LogP contribution < -0.4 is 5.32 Å². The summed E-state index contributed by atoms with van der Waals surface area (Å²) in [5.74, 6) is -1.05. The van der Waals surface area contributed by atoms with Crippen LogP contribution >= 0.6 is 0 Å². The van der Waals surface area contributed by atoms with E-state index in [1.165, 1.54) is 29.2 Å². The maximum atomic E-state index is 14.8. The highest BCUT2D eigenvalue weighted by Crippen LogP contribution is 2.32. The van der Waals surface area contributed by atoms with Gasteiger partial charge in [-0.05, 0) is 24.3 Å². The Kier molecular flexibility index (Phi) is 3.69. The van der Waals surface area contributed by atoms with Crippen molar-refractivity contribution >= 4 is 22.6 Å². The Hall–Kier alpha value is -2.96. The monoisotopic (exact) mass is 316 g/mol. The van der Waals surface area contributed by atoms with Gasteiger partial charge in [-0.2, -0.15) is 5.10 Å². The number of aromatic nitrogens is 2. The number of nitrogens with zero attached hydrogens (tertiary/aromatic N) is 2. The van der Waals surface area contributed by atoms with Gasteiger partial charge in [0.2, 0.25) is 0 Å². The van der Waals surface area contributed by atoms with E-state index >= 15 is 0 Å². The SMILES string of the molecule is CN(C)C(=O)Nc1ccc2[nH]nc(-c3cccc(F)c3)c2c1F. The predicted octanol–water partition coefficient (Wildman–Crippen LogP) is 3.60. The molecule has 2 N–H and O–H groups in total. The second kappa shape index (κ2) is 5.68. The summed E-state index contributed by atoms with van der Waals surface area (Å²) in [6, 6.07) is 8.37. The lowest BCUT2D eigenvalue weighted by Crippen LogP contribution is -2.27. The van der Waals surface area contributed by atoms with Crippen LogP contribution in [0.25, 0.3) is 22.2 Å². The first kappa shape index (κ1) is 15.0. The zero-order valence-electron chi connectivity index (χ0n) is 12.5. The highest BCUT2D eigenvalue weighted by Gasteiger charge is 2.17. The molecule has 0 aliphatic rings. The van der Waals surface area contributed by atoms with E-state index in [0.717, 1.165) is 0 Å². The topological polar surface area (TPSA) is 61.0 Å². The number of carbonyl (C=O) groups is 1. The Bertz CT molecular complexity index is 889. The molecule has 0 bridgehead atoms. The van der Waals surface area contributed by atoms with Gasteiger partial charge in [-0.1, -0.05) is 12.1 Å². The van der Waals surface area contributed by atoms with Gasteiger partial charge in [0.15, 0.2) is 5.82 Å². The molecule has 3 aromatic rings. The zero-order chi connectivity index (χ0) is 16.6. The number of rotatable bonds is 2. The summed E-state index contributed by atoms with van der Waals surface area (Å²) in [6.07, 6.45) is 0. The molecule has 3 rings (SSSR count). The maximum Gasteiger partial charge on any atom is 0.321 e. The van der Waals surface area contributed by atoms with Crippen molar-refractivity contribution in [2.75, 3.05) is 19.4 Å². The number of anilines is 1. The Morgan fingerprint density at radius 2 is 2.00 bits per heavy atom. The van der Waals surface area contributed by atoms with Crippen molar-refractivity contribution in [2.24, 2.45) is 0 Å². The van der Waals surface area contributed by atoms with Crippen LogP contribution in [-0.2, 0) is 0 Å². The van der Waals surface area contributed by atoms with Crippen LogP contribution in [0.2, 0.25) is 0 Å². The minimum Gasteiger partial charge on any atom is -0.331 e. The molecule has 0 unspecified atom stereocenters. The number of urea groups is 1. The lowest BCUT2D eigenvalue weighted by Gasteiger charge is -2.13. The van der Waals surface area contributed by atoms with E-state index in [2.05, 4.69) is 15.5 Å². The van der Waals surface area contributed by atoms with Crippen LogP contribution in [0.1, 0.15) is 0 Å². The van der Waals surface area contributed by atoms with Gasteiger partial charge in [-0.3, -0.25) is 5.10 Å². The van der Waals surface area contributed by atoms with E-state index in [-0.39, 0.29) is 16.8 Å². The van der Waals surface area contributed by atoms with E-state index in [4.69, 9.17) is 0 Å². The maximum absolute atomic E-state index is 14.8. The largest absolute Gasteiger partial charge is 0.331 e. The second-order valence-corrected chi connectivity index (χ2v) is 5.26. The minimum atomic E-state index is -0.620. The van der Waals surface area contributed by atoms with Gasteiger partial charge in [0.1, 0.15) is 11.5 Å². The molecule has 118 valence electrons. The fourth-order valence-corrected chi connectivity index (χ4v) is 2.24. The van der Waals surface area contributed by atoms with Crippen LogP contribution in [0.5, 0.6) is 0 Å². The standard InChI is InChI=1S/C16H14F2N4O/c1-22(2)16(23)19-12-7-6-11-13(14(12)18)15(21-20-11)9-4-3-5-10(17)8-9/h3-8H,1-2H3,(H,19,23)(H,20,21). The van der Waals surface area contributed by atoms with E-state index in [0.29, 0.717) is 11.1 Å². The third kappa shape index (κ3) is 2.73. The van der Waals surface area contributed by atoms with Crippen molar-refractivity contribution in [1.29, 1.82) is 0 Å². The van der Waals surface area contributed by atoms with Crippen LogP contribution in [0.3, 0.4) is 0 Å². The van der Waals surface area contributed by atoms with Crippen LogP contribution in [0.4, 0.5) is 19.3 Å². The highest BCUT2D eigenvalue weighted by molar-refractivity contribution is 5.98.